The van der Waals surface area contributed by atoms with E-state index in [-0.39, 0.29) is 17.4 Å². The van der Waals surface area contributed by atoms with Crippen molar-refractivity contribution in [2.75, 3.05) is 24.7 Å². The Morgan fingerprint density at radius 1 is 0.788 bits per heavy atom. The van der Waals surface area contributed by atoms with Crippen LogP contribution >= 0.6 is 43.2 Å². The molecule has 0 radical (unpaired) electrons. The first-order valence-electron chi connectivity index (χ1n) is 12.9. The van der Waals surface area contributed by atoms with Crippen LogP contribution < -0.4 is 0 Å². The van der Waals surface area contributed by atoms with Crippen LogP contribution in [0.3, 0.4) is 0 Å². The predicted octanol–water partition coefficient (Wildman–Crippen LogP) is 8.09. The van der Waals surface area contributed by atoms with Crippen LogP contribution in [0.1, 0.15) is 104 Å². The van der Waals surface area contributed by atoms with Crippen LogP contribution in [0.4, 0.5) is 0 Å². The average Bonchev–Trinajstić information content (AvgIpc) is 3.54. The highest BCUT2D eigenvalue weighted by atomic mass is 33.1. The summed E-state index contributed by atoms with van der Waals surface area (Å²) in [6, 6.07) is 0. The molecule has 0 aromatic carbocycles. The van der Waals surface area contributed by atoms with Gasteiger partial charge in [0.05, 0.1) is 0 Å². The van der Waals surface area contributed by atoms with Crippen LogP contribution in [0.25, 0.3) is 0 Å². The molecule has 0 aliphatic carbocycles. The fourth-order valence-corrected chi connectivity index (χ4v) is 10.2. The van der Waals surface area contributed by atoms with Crippen LogP contribution in [0, 0.1) is 5.41 Å². The van der Waals surface area contributed by atoms with E-state index in [4.69, 9.17) is 9.47 Å². The molecule has 0 saturated carbocycles. The number of rotatable bonds is 18. The lowest BCUT2D eigenvalue weighted by Crippen LogP contribution is -2.34. The van der Waals surface area contributed by atoms with Gasteiger partial charge in [-0.25, -0.2) is 0 Å². The normalized spacial score (nSPS) is 22.2. The second kappa shape index (κ2) is 17.7. The van der Waals surface area contributed by atoms with Crippen molar-refractivity contribution >= 4 is 55.1 Å². The molecule has 192 valence electrons. The minimum Gasteiger partial charge on any atom is -0.465 e. The highest BCUT2D eigenvalue weighted by molar-refractivity contribution is 8.77. The van der Waals surface area contributed by atoms with Crippen molar-refractivity contribution in [2.45, 2.75) is 114 Å². The molecule has 33 heavy (non-hydrogen) atoms. The zero-order valence-corrected chi connectivity index (χ0v) is 23.9. The molecule has 2 rings (SSSR count). The molecular weight excluding hydrogens is 493 g/mol. The van der Waals surface area contributed by atoms with Gasteiger partial charge in [-0.2, -0.15) is 0 Å². The van der Waals surface area contributed by atoms with Gasteiger partial charge in [0.2, 0.25) is 0 Å². The Balaban J connectivity index is 1.65. The Kier molecular flexibility index (Phi) is 15.9. The second-order valence-electron chi connectivity index (χ2n) is 9.43. The van der Waals surface area contributed by atoms with E-state index in [0.717, 1.165) is 61.9 Å². The molecule has 0 aromatic rings. The van der Waals surface area contributed by atoms with E-state index >= 15 is 0 Å². The summed E-state index contributed by atoms with van der Waals surface area (Å²) in [5.74, 6) is 2.31. The highest BCUT2D eigenvalue weighted by Gasteiger charge is 2.31. The molecule has 8 heteroatoms. The fourth-order valence-electron chi connectivity index (χ4n) is 4.14. The molecule has 0 spiro atoms. The Labute approximate surface area is 217 Å². The Morgan fingerprint density at radius 3 is 1.70 bits per heavy atom. The standard InChI is InChI=1S/C25H44O4S4/c1-3-5-16-25(4-2,19-28-23(26)12-8-6-10-21-14-17-30-32-21)20-29-24(27)13-9-7-11-22-15-18-31-33-22/h21-22H,3-20H2,1-2H3. The zero-order chi connectivity index (χ0) is 23.8. The van der Waals surface area contributed by atoms with E-state index in [1.54, 1.807) is 0 Å². The topological polar surface area (TPSA) is 52.6 Å². The van der Waals surface area contributed by atoms with E-state index in [1.165, 1.54) is 37.2 Å². The van der Waals surface area contributed by atoms with Crippen LogP contribution in [-0.4, -0.2) is 47.2 Å². The van der Waals surface area contributed by atoms with Crippen molar-refractivity contribution in [3.8, 4) is 0 Å². The first-order chi connectivity index (χ1) is 16.1. The summed E-state index contributed by atoms with van der Waals surface area (Å²) in [6.07, 6.45) is 13.9. The van der Waals surface area contributed by atoms with Crippen molar-refractivity contribution in [1.82, 2.24) is 0 Å². The highest BCUT2D eigenvalue weighted by Crippen LogP contribution is 2.40. The van der Waals surface area contributed by atoms with E-state index in [9.17, 15) is 9.59 Å². The number of esters is 2. The van der Waals surface area contributed by atoms with Gasteiger partial charge in [-0.05, 0) is 51.4 Å². The van der Waals surface area contributed by atoms with Gasteiger partial charge in [-0.3, -0.25) is 9.59 Å². The molecule has 2 saturated heterocycles. The Bertz CT molecular complexity index is 509. The third-order valence-electron chi connectivity index (χ3n) is 6.66. The van der Waals surface area contributed by atoms with Gasteiger partial charge in [0.1, 0.15) is 13.2 Å². The van der Waals surface area contributed by atoms with Crippen molar-refractivity contribution in [3.05, 3.63) is 0 Å². The zero-order valence-electron chi connectivity index (χ0n) is 20.6. The van der Waals surface area contributed by atoms with Crippen molar-refractivity contribution in [2.24, 2.45) is 5.41 Å². The third-order valence-corrected chi connectivity index (χ3v) is 12.7. The molecule has 0 bridgehead atoms. The Morgan fingerprint density at radius 2 is 1.30 bits per heavy atom. The van der Waals surface area contributed by atoms with E-state index in [2.05, 4.69) is 13.8 Å². The molecule has 2 heterocycles. The largest absolute Gasteiger partial charge is 0.465 e. The molecule has 0 amide bonds. The van der Waals surface area contributed by atoms with E-state index in [0.29, 0.717) is 26.1 Å². The van der Waals surface area contributed by atoms with Crippen molar-refractivity contribution < 1.29 is 19.1 Å². The smallest absolute Gasteiger partial charge is 0.305 e. The maximum absolute atomic E-state index is 12.4. The summed E-state index contributed by atoms with van der Waals surface area (Å²) in [5.41, 5.74) is -0.253. The van der Waals surface area contributed by atoms with Crippen LogP contribution in [-0.2, 0) is 19.1 Å². The minimum atomic E-state index is -0.253. The molecule has 0 N–H and O–H groups in total. The number of hydrogen-bond acceptors (Lipinski definition) is 8. The number of hydrogen-bond donors (Lipinski definition) is 0. The molecule has 4 nitrogen and oxygen atoms in total. The van der Waals surface area contributed by atoms with E-state index in [1.807, 2.05) is 43.2 Å². The molecule has 2 fully saturated rings. The van der Waals surface area contributed by atoms with Gasteiger partial charge < -0.3 is 9.47 Å². The first-order valence-corrected chi connectivity index (χ1v) is 17.7. The first kappa shape index (κ1) is 29.6. The van der Waals surface area contributed by atoms with E-state index < -0.39 is 0 Å². The summed E-state index contributed by atoms with van der Waals surface area (Å²) < 4.78 is 11.4. The molecule has 2 aliphatic heterocycles. The molecule has 0 aromatic heterocycles. The maximum Gasteiger partial charge on any atom is 0.305 e. The Hall–Kier alpha value is 0.340. The maximum atomic E-state index is 12.4. The SMILES string of the molecule is CCCCC(CC)(COC(=O)CCCCC1CCSS1)COC(=O)CCCCC1CCSS1. The fraction of sp³-hybridized carbons (Fsp3) is 0.920. The van der Waals surface area contributed by atoms with Gasteiger partial charge in [0.15, 0.2) is 0 Å². The summed E-state index contributed by atoms with van der Waals surface area (Å²) >= 11 is 0. The third kappa shape index (κ3) is 12.7. The van der Waals surface area contributed by atoms with Crippen LogP contribution in [0.15, 0.2) is 0 Å². The van der Waals surface area contributed by atoms with Crippen LogP contribution in [0.2, 0.25) is 0 Å². The lowest BCUT2D eigenvalue weighted by molar-refractivity contribution is -0.155. The lowest BCUT2D eigenvalue weighted by Gasteiger charge is -2.31. The summed E-state index contributed by atoms with van der Waals surface area (Å²) in [7, 11) is 7.95. The number of ether oxygens (including phenoxy) is 2. The average molecular weight is 537 g/mol. The molecule has 2 unspecified atom stereocenters. The van der Waals surface area contributed by atoms with Gasteiger partial charge in [0.25, 0.3) is 0 Å². The van der Waals surface area contributed by atoms with Gasteiger partial charge >= 0.3 is 11.9 Å². The van der Waals surface area contributed by atoms with Crippen LogP contribution in [0.5, 0.6) is 0 Å². The summed E-state index contributed by atoms with van der Waals surface area (Å²) in [4.78, 5) is 24.7. The number of carbonyl (C=O) groups excluding carboxylic acids is 2. The number of carbonyl (C=O) groups is 2. The number of unbranched alkanes of at least 4 members (excludes halogenated alkanes) is 3. The van der Waals surface area contributed by atoms with Crippen molar-refractivity contribution in [1.29, 1.82) is 0 Å². The van der Waals surface area contributed by atoms with Gasteiger partial charge in [0, 0.05) is 40.3 Å². The second-order valence-corrected chi connectivity index (χ2v) is 15.0. The quantitative estimate of drug-likeness (QED) is 0.0989. The summed E-state index contributed by atoms with van der Waals surface area (Å²) in [6.45, 7) is 5.01. The van der Waals surface area contributed by atoms with Crippen molar-refractivity contribution in [3.63, 3.8) is 0 Å². The summed E-state index contributed by atoms with van der Waals surface area (Å²) in [5, 5.41) is 1.53. The van der Waals surface area contributed by atoms with Gasteiger partial charge in [-0.1, -0.05) is 82.7 Å². The monoisotopic (exact) mass is 536 g/mol. The molecule has 2 atom stereocenters. The minimum absolute atomic E-state index is 0.105. The molecular formula is C25H44O4S4. The lowest BCUT2D eigenvalue weighted by atomic mass is 9.81. The predicted molar refractivity (Wildman–Crippen MR) is 148 cm³/mol. The van der Waals surface area contributed by atoms with Gasteiger partial charge in [-0.15, -0.1) is 0 Å². The molecule has 2 aliphatic rings.